The van der Waals surface area contributed by atoms with Gasteiger partial charge >= 0.3 is 5.97 Å². The third-order valence-corrected chi connectivity index (χ3v) is 4.22. The summed E-state index contributed by atoms with van der Waals surface area (Å²) in [5, 5.41) is 13.5. The second kappa shape index (κ2) is 5.33. The predicted molar refractivity (Wildman–Crippen MR) is 77.6 cm³/mol. The summed E-state index contributed by atoms with van der Waals surface area (Å²) in [6.45, 7) is 3.05. The van der Waals surface area contributed by atoms with Gasteiger partial charge in [-0.1, -0.05) is 35.5 Å². The quantitative estimate of drug-likeness (QED) is 0.936. The summed E-state index contributed by atoms with van der Waals surface area (Å²) in [7, 11) is 0. The summed E-state index contributed by atoms with van der Waals surface area (Å²) in [6, 6.07) is 11.6. The van der Waals surface area contributed by atoms with Gasteiger partial charge < -0.3 is 9.63 Å². The fraction of sp³-hybridized carbons (Fsp3) is 0.375. The first-order valence-electron chi connectivity index (χ1n) is 7.09. The second-order valence-corrected chi connectivity index (χ2v) is 5.65. The lowest BCUT2D eigenvalue weighted by Crippen LogP contribution is -2.47. The van der Waals surface area contributed by atoms with Crippen molar-refractivity contribution in [1.82, 2.24) is 10.1 Å². The highest BCUT2D eigenvalue weighted by atomic mass is 16.5. The third kappa shape index (κ3) is 2.56. The number of likely N-dealkylation sites (tertiary alicyclic amines) is 1. The van der Waals surface area contributed by atoms with Crippen molar-refractivity contribution in [2.24, 2.45) is 0 Å². The number of hydrogen-bond donors (Lipinski definition) is 1. The summed E-state index contributed by atoms with van der Waals surface area (Å²) in [5.74, 6) is -0.0615. The highest BCUT2D eigenvalue weighted by Gasteiger charge is 2.43. The Kier molecular flexibility index (Phi) is 3.51. The molecule has 0 saturated carbocycles. The van der Waals surface area contributed by atoms with Crippen molar-refractivity contribution in [1.29, 1.82) is 0 Å². The van der Waals surface area contributed by atoms with Crippen LogP contribution in [0.3, 0.4) is 0 Å². The van der Waals surface area contributed by atoms with Gasteiger partial charge in [-0.25, -0.2) is 0 Å². The Morgan fingerprint density at radius 2 is 2.19 bits per heavy atom. The monoisotopic (exact) mass is 286 g/mol. The number of rotatable bonds is 4. The number of nitrogens with zero attached hydrogens (tertiary/aromatic N) is 2. The van der Waals surface area contributed by atoms with Gasteiger partial charge in [0, 0.05) is 18.2 Å². The van der Waals surface area contributed by atoms with Crippen LogP contribution in [-0.2, 0) is 11.3 Å². The first-order valence-corrected chi connectivity index (χ1v) is 7.09. The van der Waals surface area contributed by atoms with Crippen LogP contribution < -0.4 is 0 Å². The van der Waals surface area contributed by atoms with Crippen LogP contribution in [0.25, 0.3) is 11.3 Å². The van der Waals surface area contributed by atoms with Crippen LogP contribution in [0.4, 0.5) is 0 Å². The highest BCUT2D eigenvalue weighted by molar-refractivity contribution is 5.78. The average molecular weight is 286 g/mol. The minimum atomic E-state index is -0.800. The number of hydrogen-bond acceptors (Lipinski definition) is 4. The fourth-order valence-corrected chi connectivity index (χ4v) is 2.84. The van der Waals surface area contributed by atoms with Crippen LogP contribution in [0.2, 0.25) is 0 Å². The van der Waals surface area contributed by atoms with Gasteiger partial charge in [-0.15, -0.1) is 0 Å². The Morgan fingerprint density at radius 3 is 2.90 bits per heavy atom. The van der Waals surface area contributed by atoms with Gasteiger partial charge in [0.05, 0.1) is 5.69 Å². The molecular weight excluding hydrogens is 268 g/mol. The Balaban J connectivity index is 1.77. The topological polar surface area (TPSA) is 66.6 Å². The summed E-state index contributed by atoms with van der Waals surface area (Å²) in [5.41, 5.74) is 0.938. The van der Waals surface area contributed by atoms with E-state index in [1.807, 2.05) is 41.3 Å². The molecule has 0 aliphatic carbocycles. The van der Waals surface area contributed by atoms with E-state index in [4.69, 9.17) is 4.52 Å². The average Bonchev–Trinajstić information content (AvgIpc) is 3.09. The van der Waals surface area contributed by atoms with Gasteiger partial charge in [0.15, 0.2) is 5.76 Å². The van der Waals surface area contributed by atoms with E-state index < -0.39 is 11.5 Å². The molecule has 0 spiro atoms. The van der Waals surface area contributed by atoms with E-state index in [0.717, 1.165) is 24.2 Å². The van der Waals surface area contributed by atoms with Gasteiger partial charge in [0.1, 0.15) is 5.54 Å². The van der Waals surface area contributed by atoms with Crippen molar-refractivity contribution in [3.05, 3.63) is 42.1 Å². The van der Waals surface area contributed by atoms with Crippen LogP contribution in [0.1, 0.15) is 25.5 Å². The maximum Gasteiger partial charge on any atom is 0.323 e. The molecule has 110 valence electrons. The molecule has 1 aromatic carbocycles. The molecule has 1 aromatic heterocycles. The Morgan fingerprint density at radius 1 is 1.43 bits per heavy atom. The van der Waals surface area contributed by atoms with Crippen molar-refractivity contribution in [3.8, 4) is 11.3 Å². The minimum absolute atomic E-state index is 0.499. The summed E-state index contributed by atoms with van der Waals surface area (Å²) < 4.78 is 5.37. The van der Waals surface area contributed by atoms with Crippen molar-refractivity contribution < 1.29 is 14.4 Å². The van der Waals surface area contributed by atoms with Crippen molar-refractivity contribution in [3.63, 3.8) is 0 Å². The normalized spacial score (nSPS) is 22.5. The van der Waals surface area contributed by atoms with Crippen LogP contribution in [0, 0.1) is 0 Å². The minimum Gasteiger partial charge on any atom is -0.480 e. The zero-order valence-electron chi connectivity index (χ0n) is 12.0. The Hall–Kier alpha value is -2.14. The summed E-state index contributed by atoms with van der Waals surface area (Å²) >= 11 is 0. The number of aromatic nitrogens is 1. The lowest BCUT2D eigenvalue weighted by molar-refractivity contribution is -0.148. The molecule has 2 heterocycles. The molecule has 0 radical (unpaired) electrons. The smallest absolute Gasteiger partial charge is 0.323 e. The second-order valence-electron chi connectivity index (χ2n) is 5.65. The molecule has 0 amide bonds. The molecule has 1 aliphatic rings. The number of aliphatic carboxylic acids is 1. The van der Waals surface area contributed by atoms with Crippen molar-refractivity contribution >= 4 is 5.97 Å². The van der Waals surface area contributed by atoms with Gasteiger partial charge in [-0.2, -0.15) is 0 Å². The first-order chi connectivity index (χ1) is 10.1. The maximum atomic E-state index is 11.5. The number of benzene rings is 1. The number of carbonyl (C=O) groups is 1. The van der Waals surface area contributed by atoms with E-state index in [9.17, 15) is 9.90 Å². The van der Waals surface area contributed by atoms with E-state index in [2.05, 4.69) is 5.16 Å². The largest absolute Gasteiger partial charge is 0.480 e. The Bertz CT molecular complexity index is 638. The lowest BCUT2D eigenvalue weighted by Gasteiger charge is -2.30. The molecule has 1 saturated heterocycles. The van der Waals surface area contributed by atoms with Crippen LogP contribution >= 0.6 is 0 Å². The van der Waals surface area contributed by atoms with Gasteiger partial charge in [0.25, 0.3) is 0 Å². The highest BCUT2D eigenvalue weighted by Crippen LogP contribution is 2.31. The van der Waals surface area contributed by atoms with E-state index in [-0.39, 0.29) is 0 Å². The fourth-order valence-electron chi connectivity index (χ4n) is 2.84. The van der Waals surface area contributed by atoms with Crippen LogP contribution in [-0.4, -0.2) is 33.2 Å². The van der Waals surface area contributed by atoms with E-state index >= 15 is 0 Å². The number of carboxylic acids is 1. The van der Waals surface area contributed by atoms with Crippen molar-refractivity contribution in [2.75, 3.05) is 6.54 Å². The SMILES string of the molecule is C[C@@]1(C(=O)O)CCCN1Cc1cc(-c2ccccc2)on1. The van der Waals surface area contributed by atoms with Crippen LogP contribution in [0.15, 0.2) is 40.9 Å². The molecule has 21 heavy (non-hydrogen) atoms. The molecule has 1 atom stereocenters. The standard InChI is InChI=1S/C16H18N2O3/c1-16(15(19)20)8-5-9-18(16)11-13-10-14(21-17-13)12-6-3-2-4-7-12/h2-4,6-7,10H,5,8-9,11H2,1H3,(H,19,20)/t16-/m0/s1. The predicted octanol–water partition coefficient (Wildman–Crippen LogP) is 2.78. The molecule has 1 fully saturated rings. The third-order valence-electron chi connectivity index (χ3n) is 4.22. The zero-order chi connectivity index (χ0) is 14.9. The molecule has 3 rings (SSSR count). The number of carboxylic acid groups (broad SMARTS) is 1. The van der Waals surface area contributed by atoms with Crippen molar-refractivity contribution in [2.45, 2.75) is 31.8 Å². The summed E-state index contributed by atoms with van der Waals surface area (Å²) in [6.07, 6.45) is 1.57. The van der Waals surface area contributed by atoms with E-state index in [1.54, 1.807) is 6.92 Å². The van der Waals surface area contributed by atoms with Gasteiger partial charge in [-0.3, -0.25) is 9.69 Å². The Labute approximate surface area is 123 Å². The molecule has 0 bridgehead atoms. The lowest BCUT2D eigenvalue weighted by atomic mass is 9.99. The van der Waals surface area contributed by atoms with E-state index in [0.29, 0.717) is 18.7 Å². The molecular formula is C16H18N2O3. The zero-order valence-corrected chi connectivity index (χ0v) is 12.0. The molecule has 0 unspecified atom stereocenters. The molecule has 1 N–H and O–H groups in total. The molecule has 5 heteroatoms. The van der Waals surface area contributed by atoms with E-state index in [1.165, 1.54) is 0 Å². The summed E-state index contributed by atoms with van der Waals surface area (Å²) in [4.78, 5) is 13.4. The van der Waals surface area contributed by atoms with Gasteiger partial charge in [-0.05, 0) is 26.3 Å². The molecule has 5 nitrogen and oxygen atoms in total. The maximum absolute atomic E-state index is 11.5. The molecule has 1 aliphatic heterocycles. The molecule has 2 aromatic rings. The first kappa shape index (κ1) is 13.8. The van der Waals surface area contributed by atoms with Crippen LogP contribution in [0.5, 0.6) is 0 Å². The van der Waals surface area contributed by atoms with Gasteiger partial charge in [0.2, 0.25) is 0 Å².